The molecule has 0 aromatic heterocycles. The minimum Gasteiger partial charge on any atom is -0.459 e. The fourth-order valence-corrected chi connectivity index (χ4v) is 4.13. The van der Waals surface area contributed by atoms with Gasteiger partial charge in [0.1, 0.15) is 5.82 Å². The molecule has 1 aliphatic heterocycles. The van der Waals surface area contributed by atoms with Crippen LogP contribution in [0.1, 0.15) is 49.2 Å². The van der Waals surface area contributed by atoms with Gasteiger partial charge in [-0.1, -0.05) is 18.2 Å². The molecule has 0 radical (unpaired) electrons. The molecule has 1 atom stereocenters. The van der Waals surface area contributed by atoms with E-state index in [2.05, 4.69) is 5.32 Å². The van der Waals surface area contributed by atoms with Gasteiger partial charge in [-0.3, -0.25) is 14.9 Å². The number of amides is 3. The summed E-state index contributed by atoms with van der Waals surface area (Å²) in [5.74, 6) is -1.55. The number of benzene rings is 2. The van der Waals surface area contributed by atoms with Crippen molar-refractivity contribution in [3.05, 3.63) is 86.9 Å². The maximum Gasteiger partial charge on any atom is 0.338 e. The molecule has 10 nitrogen and oxygen atoms in total. The molecule has 11 heteroatoms. The van der Waals surface area contributed by atoms with Crippen LogP contribution in [0.4, 0.5) is 14.9 Å². The highest BCUT2D eigenvalue weighted by atomic mass is 19.1. The van der Waals surface area contributed by atoms with Crippen LogP contribution in [0.3, 0.4) is 0 Å². The normalized spacial score (nSPS) is 15.5. The van der Waals surface area contributed by atoms with E-state index in [-0.39, 0.29) is 35.8 Å². The Labute approximate surface area is 213 Å². The number of allylic oxidation sites excluding steroid dienone is 1. The summed E-state index contributed by atoms with van der Waals surface area (Å²) >= 11 is 0. The molecule has 1 unspecified atom stereocenters. The molecule has 0 fully saturated rings. The van der Waals surface area contributed by atoms with Crippen molar-refractivity contribution in [2.24, 2.45) is 0 Å². The lowest BCUT2D eigenvalue weighted by molar-refractivity contribution is -0.384. The number of nitrogens with zero attached hydrogens (tertiary/aromatic N) is 3. The highest BCUT2D eigenvalue weighted by Gasteiger charge is 2.39. The second-order valence-electron chi connectivity index (χ2n) is 8.96. The van der Waals surface area contributed by atoms with E-state index in [9.17, 15) is 28.9 Å². The summed E-state index contributed by atoms with van der Waals surface area (Å²) in [6.45, 7) is 5.31. The number of hydrogen-bond acceptors (Lipinski definition) is 6. The Kier molecular flexibility index (Phi) is 8.59. The molecule has 0 bridgehead atoms. The Morgan fingerprint density at radius 1 is 1.22 bits per heavy atom. The molecule has 0 spiro atoms. The first-order valence-electron chi connectivity index (χ1n) is 11.7. The van der Waals surface area contributed by atoms with Crippen molar-refractivity contribution in [3.8, 4) is 0 Å². The van der Waals surface area contributed by atoms with Gasteiger partial charge >= 0.3 is 12.0 Å². The van der Waals surface area contributed by atoms with Crippen molar-refractivity contribution in [1.29, 1.82) is 0 Å². The average molecular weight is 513 g/mol. The zero-order chi connectivity index (χ0) is 27.3. The predicted molar refractivity (Wildman–Crippen MR) is 133 cm³/mol. The number of hydrogen-bond donors (Lipinski definition) is 1. The number of non-ortho nitro benzene ring substituents is 1. The van der Waals surface area contributed by atoms with Crippen LogP contribution in [-0.4, -0.2) is 58.9 Å². The zero-order valence-electron chi connectivity index (χ0n) is 21.1. The van der Waals surface area contributed by atoms with Gasteiger partial charge in [-0.25, -0.2) is 14.0 Å². The van der Waals surface area contributed by atoms with E-state index in [1.807, 2.05) is 0 Å². The van der Waals surface area contributed by atoms with Gasteiger partial charge in [-0.05, 0) is 51.0 Å². The summed E-state index contributed by atoms with van der Waals surface area (Å²) in [6.07, 6.45) is -0.103. The standard InChI is InChI=1S/C26H29FN4O6/c1-16(2)37-25(33)22-17(3)28-26(34)30(23(22)18-8-6-11-21(15-18)31(35)36)13-7-12-29(4)24(32)19-9-5-10-20(27)14-19/h5-6,8-11,14-16,23H,7,12-13H2,1-4H3,(H,28,34). The number of urea groups is 1. The van der Waals surface area contributed by atoms with Crippen LogP contribution in [0.5, 0.6) is 0 Å². The van der Waals surface area contributed by atoms with E-state index < -0.39 is 34.9 Å². The van der Waals surface area contributed by atoms with Crippen LogP contribution in [0.15, 0.2) is 59.8 Å². The van der Waals surface area contributed by atoms with Gasteiger partial charge in [0.2, 0.25) is 0 Å². The number of ether oxygens (including phenoxy) is 1. The molecule has 1 aliphatic rings. The molecule has 0 saturated carbocycles. The summed E-state index contributed by atoms with van der Waals surface area (Å²) in [5, 5.41) is 14.1. The number of halogens is 1. The lowest BCUT2D eigenvalue weighted by atomic mass is 9.93. The van der Waals surface area contributed by atoms with Crippen LogP contribution in [-0.2, 0) is 9.53 Å². The fraction of sp³-hybridized carbons (Fsp3) is 0.346. The Hall–Kier alpha value is -4.28. The molecule has 0 aliphatic carbocycles. The van der Waals surface area contributed by atoms with Crippen LogP contribution in [0.2, 0.25) is 0 Å². The van der Waals surface area contributed by atoms with Crippen molar-refractivity contribution >= 4 is 23.6 Å². The molecule has 3 rings (SSSR count). The van der Waals surface area contributed by atoms with E-state index in [0.717, 1.165) is 6.07 Å². The second kappa shape index (κ2) is 11.6. The molecule has 37 heavy (non-hydrogen) atoms. The highest BCUT2D eigenvalue weighted by Crippen LogP contribution is 2.36. The van der Waals surface area contributed by atoms with Crippen molar-refractivity contribution in [1.82, 2.24) is 15.1 Å². The van der Waals surface area contributed by atoms with E-state index in [1.54, 1.807) is 33.9 Å². The molecule has 0 saturated heterocycles. The van der Waals surface area contributed by atoms with Crippen LogP contribution >= 0.6 is 0 Å². The quantitative estimate of drug-likeness (QED) is 0.305. The van der Waals surface area contributed by atoms with Gasteiger partial charge in [-0.2, -0.15) is 0 Å². The monoisotopic (exact) mass is 512 g/mol. The number of carbonyl (C=O) groups excluding carboxylic acids is 3. The van der Waals surface area contributed by atoms with Crippen LogP contribution in [0.25, 0.3) is 0 Å². The zero-order valence-corrected chi connectivity index (χ0v) is 21.1. The number of esters is 1. The number of nitrogens with one attached hydrogen (secondary N) is 1. The Bertz CT molecular complexity index is 1250. The molecule has 1 N–H and O–H groups in total. The summed E-state index contributed by atoms with van der Waals surface area (Å²) in [5.41, 5.74) is 0.853. The third kappa shape index (κ3) is 6.49. The Morgan fingerprint density at radius 3 is 2.57 bits per heavy atom. The van der Waals surface area contributed by atoms with E-state index in [4.69, 9.17) is 4.74 Å². The summed E-state index contributed by atoms with van der Waals surface area (Å²) in [7, 11) is 1.57. The average Bonchev–Trinajstić information content (AvgIpc) is 2.83. The summed E-state index contributed by atoms with van der Waals surface area (Å²) < 4.78 is 18.9. The maximum atomic E-state index is 13.5. The predicted octanol–water partition coefficient (Wildman–Crippen LogP) is 4.19. The summed E-state index contributed by atoms with van der Waals surface area (Å²) in [6, 6.07) is 9.68. The Balaban J connectivity index is 1.88. The highest BCUT2D eigenvalue weighted by molar-refractivity contribution is 5.95. The second-order valence-corrected chi connectivity index (χ2v) is 8.96. The molecule has 3 amide bonds. The first kappa shape index (κ1) is 27.3. The van der Waals surface area contributed by atoms with E-state index in [0.29, 0.717) is 17.7 Å². The first-order valence-corrected chi connectivity index (χ1v) is 11.7. The molecule has 196 valence electrons. The van der Waals surface area contributed by atoms with Gasteiger partial charge in [-0.15, -0.1) is 0 Å². The smallest absolute Gasteiger partial charge is 0.338 e. The molecular formula is C26H29FN4O6. The largest absolute Gasteiger partial charge is 0.459 e. The fourth-order valence-electron chi connectivity index (χ4n) is 4.13. The van der Waals surface area contributed by atoms with Crippen molar-refractivity contribution in [3.63, 3.8) is 0 Å². The maximum absolute atomic E-state index is 13.5. The topological polar surface area (TPSA) is 122 Å². The number of nitro groups is 1. The van der Waals surface area contributed by atoms with Crippen molar-refractivity contribution in [2.75, 3.05) is 20.1 Å². The third-order valence-electron chi connectivity index (χ3n) is 5.81. The summed E-state index contributed by atoms with van der Waals surface area (Å²) in [4.78, 5) is 52.4. The SMILES string of the molecule is CC1=C(C(=O)OC(C)C)C(c2cccc([N+](=O)[O-])c2)N(CCCN(C)C(=O)c2cccc(F)c2)C(=O)N1. The Morgan fingerprint density at radius 2 is 1.92 bits per heavy atom. The van der Waals surface area contributed by atoms with E-state index >= 15 is 0 Å². The van der Waals surface area contributed by atoms with Crippen LogP contribution < -0.4 is 5.32 Å². The minimum atomic E-state index is -0.941. The number of carbonyl (C=O) groups is 3. The molecule has 1 heterocycles. The third-order valence-corrected chi connectivity index (χ3v) is 5.81. The molecule has 2 aromatic rings. The van der Waals surface area contributed by atoms with Gasteiger partial charge in [0, 0.05) is 43.5 Å². The van der Waals surface area contributed by atoms with Gasteiger partial charge in [0.25, 0.3) is 11.6 Å². The van der Waals surface area contributed by atoms with Gasteiger partial charge in [0.05, 0.1) is 22.6 Å². The van der Waals surface area contributed by atoms with Crippen LogP contribution in [0, 0.1) is 15.9 Å². The van der Waals surface area contributed by atoms with Gasteiger partial charge in [0.15, 0.2) is 0 Å². The lowest BCUT2D eigenvalue weighted by Crippen LogP contribution is -2.49. The van der Waals surface area contributed by atoms with Gasteiger partial charge < -0.3 is 19.9 Å². The molecule has 2 aromatic carbocycles. The van der Waals surface area contributed by atoms with Crippen molar-refractivity contribution < 1.29 is 28.4 Å². The van der Waals surface area contributed by atoms with Crippen molar-refractivity contribution in [2.45, 2.75) is 39.3 Å². The van der Waals surface area contributed by atoms with E-state index in [1.165, 1.54) is 46.2 Å². The number of nitro benzene ring substituents is 1. The lowest BCUT2D eigenvalue weighted by Gasteiger charge is -2.38. The molecular weight excluding hydrogens is 483 g/mol. The number of rotatable bonds is 9. The first-order chi connectivity index (χ1) is 17.5. The minimum absolute atomic E-state index is 0.117.